The summed E-state index contributed by atoms with van der Waals surface area (Å²) in [5.74, 6) is 0.275. The van der Waals surface area contributed by atoms with Gasteiger partial charge in [-0.05, 0) is 42.8 Å². The normalized spacial score (nSPS) is 10.8. The highest BCUT2D eigenvalue weighted by Crippen LogP contribution is 2.23. The van der Waals surface area contributed by atoms with Crippen molar-refractivity contribution < 1.29 is 9.53 Å². The highest BCUT2D eigenvalue weighted by Gasteiger charge is 2.16. The molecule has 0 radical (unpaired) electrons. The van der Waals surface area contributed by atoms with Crippen molar-refractivity contribution >= 4 is 28.8 Å². The number of nitrogens with one attached hydrogen (secondary N) is 1. The van der Waals surface area contributed by atoms with Crippen LogP contribution in [-0.2, 0) is 11.3 Å². The van der Waals surface area contributed by atoms with Gasteiger partial charge in [-0.2, -0.15) is 0 Å². The number of aryl methyl sites for hydroxylation is 1. The number of rotatable bonds is 5. The van der Waals surface area contributed by atoms with Crippen molar-refractivity contribution in [2.45, 2.75) is 13.5 Å². The quantitative estimate of drug-likeness (QED) is 0.546. The monoisotopic (exact) mass is 409 g/mol. The van der Waals surface area contributed by atoms with Gasteiger partial charge in [0.2, 0.25) is 11.6 Å². The number of amides is 1. The van der Waals surface area contributed by atoms with E-state index >= 15 is 0 Å². The molecule has 0 aliphatic heterocycles. The number of benzene rings is 2. The van der Waals surface area contributed by atoms with Gasteiger partial charge in [0.05, 0.1) is 0 Å². The maximum absolute atomic E-state index is 12.6. The van der Waals surface area contributed by atoms with E-state index in [1.165, 1.54) is 16.8 Å². The number of carbonyl (C=O) groups excluding carboxylic acids is 1. The molecule has 0 bridgehead atoms. The first-order chi connectivity index (χ1) is 14.0. The summed E-state index contributed by atoms with van der Waals surface area (Å²) in [5.41, 5.74) is 1.34. The zero-order valence-corrected chi connectivity index (χ0v) is 16.1. The Balaban J connectivity index is 1.60. The lowest BCUT2D eigenvalue weighted by Gasteiger charge is -2.07. The Bertz CT molecular complexity index is 1250. The molecule has 2 aromatic carbocycles. The van der Waals surface area contributed by atoms with Crippen LogP contribution >= 0.6 is 11.6 Å². The number of ether oxygens (including phenoxy) is 1. The van der Waals surface area contributed by atoms with Crippen LogP contribution in [0.1, 0.15) is 5.56 Å². The lowest BCUT2D eigenvalue weighted by atomic mass is 10.2. The standard InChI is InChI=1S/C20H16ClN5O3/c1-13-4-2-3-5-16(13)23-17(27)12-26-20(28)25-11-10-22-19(18(25)24-26)29-15-8-6-14(21)7-9-15/h2-11H,12H2,1H3,(H,23,27). The number of para-hydroxylation sites is 1. The van der Waals surface area contributed by atoms with Gasteiger partial charge in [0.15, 0.2) is 0 Å². The molecule has 4 rings (SSSR count). The predicted octanol–water partition coefficient (Wildman–Crippen LogP) is 3.28. The first-order valence-corrected chi connectivity index (χ1v) is 9.12. The molecule has 0 aliphatic rings. The van der Waals surface area contributed by atoms with Gasteiger partial charge in [-0.3, -0.25) is 4.79 Å². The molecule has 1 amide bonds. The van der Waals surface area contributed by atoms with Gasteiger partial charge in [-0.25, -0.2) is 18.9 Å². The number of hydrogen-bond acceptors (Lipinski definition) is 5. The highest BCUT2D eigenvalue weighted by molar-refractivity contribution is 6.30. The second kappa shape index (κ2) is 7.76. The number of carbonyl (C=O) groups is 1. The van der Waals surface area contributed by atoms with E-state index in [9.17, 15) is 9.59 Å². The van der Waals surface area contributed by atoms with Gasteiger partial charge >= 0.3 is 5.69 Å². The van der Waals surface area contributed by atoms with Crippen LogP contribution in [0.15, 0.2) is 65.7 Å². The lowest BCUT2D eigenvalue weighted by molar-refractivity contribution is -0.117. The van der Waals surface area contributed by atoms with Crippen molar-refractivity contribution in [1.82, 2.24) is 19.2 Å². The number of anilines is 1. The van der Waals surface area contributed by atoms with Crippen LogP contribution in [0.2, 0.25) is 5.02 Å². The number of aromatic nitrogens is 4. The van der Waals surface area contributed by atoms with Crippen molar-refractivity contribution in [3.8, 4) is 11.6 Å². The van der Waals surface area contributed by atoms with Gasteiger partial charge in [0.1, 0.15) is 12.3 Å². The Morgan fingerprint density at radius 3 is 2.69 bits per heavy atom. The molecule has 9 heteroatoms. The molecule has 0 atom stereocenters. The molecule has 4 aromatic rings. The maximum atomic E-state index is 12.6. The Morgan fingerprint density at radius 1 is 1.17 bits per heavy atom. The number of halogens is 1. The van der Waals surface area contributed by atoms with Gasteiger partial charge in [-0.1, -0.05) is 29.8 Å². The fourth-order valence-corrected chi connectivity index (χ4v) is 2.88. The molecule has 29 heavy (non-hydrogen) atoms. The van der Waals surface area contributed by atoms with Gasteiger partial charge in [0.25, 0.3) is 5.88 Å². The van der Waals surface area contributed by atoms with E-state index < -0.39 is 5.69 Å². The summed E-state index contributed by atoms with van der Waals surface area (Å²) < 4.78 is 8.07. The van der Waals surface area contributed by atoms with Crippen LogP contribution < -0.4 is 15.7 Å². The predicted molar refractivity (Wildman–Crippen MR) is 109 cm³/mol. The van der Waals surface area contributed by atoms with Crippen molar-refractivity contribution in [3.05, 3.63) is 82.0 Å². The van der Waals surface area contributed by atoms with Crippen LogP contribution in [0.3, 0.4) is 0 Å². The Morgan fingerprint density at radius 2 is 1.93 bits per heavy atom. The SMILES string of the molecule is Cc1ccccc1NC(=O)Cn1nc2c(Oc3ccc(Cl)cc3)nccn2c1=O. The molecule has 0 unspecified atom stereocenters. The largest absolute Gasteiger partial charge is 0.436 e. The van der Waals surface area contributed by atoms with E-state index in [2.05, 4.69) is 15.4 Å². The minimum atomic E-state index is -0.469. The van der Waals surface area contributed by atoms with Crippen LogP contribution in [-0.4, -0.2) is 25.1 Å². The first-order valence-electron chi connectivity index (χ1n) is 8.74. The summed E-state index contributed by atoms with van der Waals surface area (Å²) in [6, 6.07) is 14.1. The summed E-state index contributed by atoms with van der Waals surface area (Å²) in [4.78, 5) is 29.2. The highest BCUT2D eigenvalue weighted by atomic mass is 35.5. The second-order valence-electron chi connectivity index (χ2n) is 6.29. The van der Waals surface area contributed by atoms with E-state index in [1.54, 1.807) is 30.3 Å². The van der Waals surface area contributed by atoms with Crippen LogP contribution in [0.5, 0.6) is 11.6 Å². The molecule has 0 fully saturated rings. The van der Waals surface area contributed by atoms with Gasteiger partial charge in [-0.15, -0.1) is 5.10 Å². The lowest BCUT2D eigenvalue weighted by Crippen LogP contribution is -2.28. The van der Waals surface area contributed by atoms with Crippen LogP contribution in [0, 0.1) is 6.92 Å². The molecule has 0 saturated carbocycles. The fourth-order valence-electron chi connectivity index (χ4n) is 2.75. The molecule has 0 spiro atoms. The Kier molecular flexibility index (Phi) is 5.01. The molecule has 1 N–H and O–H groups in total. The first kappa shape index (κ1) is 18.7. The molecule has 8 nitrogen and oxygen atoms in total. The van der Waals surface area contributed by atoms with Crippen LogP contribution in [0.25, 0.3) is 5.65 Å². The summed E-state index contributed by atoms with van der Waals surface area (Å²) in [5, 5.41) is 7.58. The van der Waals surface area contributed by atoms with Crippen molar-refractivity contribution in [3.63, 3.8) is 0 Å². The summed E-state index contributed by atoms with van der Waals surface area (Å²) in [6.45, 7) is 1.65. The van der Waals surface area contributed by atoms with Crippen molar-refractivity contribution in [2.75, 3.05) is 5.32 Å². The van der Waals surface area contributed by atoms with Crippen LogP contribution in [0.4, 0.5) is 5.69 Å². The van der Waals surface area contributed by atoms with Gasteiger partial charge < -0.3 is 10.1 Å². The molecule has 0 aliphatic carbocycles. The summed E-state index contributed by atoms with van der Waals surface area (Å²) in [6.07, 6.45) is 2.90. The average molecular weight is 410 g/mol. The van der Waals surface area contributed by atoms with E-state index in [1.807, 2.05) is 25.1 Å². The topological polar surface area (TPSA) is 90.5 Å². The number of nitrogens with zero attached hydrogens (tertiary/aromatic N) is 4. The fraction of sp³-hybridized carbons (Fsp3) is 0.100. The average Bonchev–Trinajstić information content (AvgIpc) is 3.02. The number of fused-ring (bicyclic) bond motifs is 1. The maximum Gasteiger partial charge on any atom is 0.351 e. The second-order valence-corrected chi connectivity index (χ2v) is 6.72. The minimum absolute atomic E-state index is 0.144. The Labute approximate surface area is 170 Å². The van der Waals surface area contributed by atoms with Crippen molar-refractivity contribution in [1.29, 1.82) is 0 Å². The smallest absolute Gasteiger partial charge is 0.351 e. The zero-order chi connectivity index (χ0) is 20.4. The summed E-state index contributed by atoms with van der Waals surface area (Å²) >= 11 is 5.88. The number of hydrogen-bond donors (Lipinski definition) is 1. The third-order valence-corrected chi connectivity index (χ3v) is 4.46. The van der Waals surface area contributed by atoms with Crippen molar-refractivity contribution in [2.24, 2.45) is 0 Å². The van der Waals surface area contributed by atoms with E-state index in [-0.39, 0.29) is 24.0 Å². The van der Waals surface area contributed by atoms with E-state index in [0.29, 0.717) is 16.5 Å². The molecular formula is C20H16ClN5O3. The third kappa shape index (κ3) is 3.97. The Hall–Kier alpha value is -3.65. The zero-order valence-electron chi connectivity index (χ0n) is 15.4. The summed E-state index contributed by atoms with van der Waals surface area (Å²) in [7, 11) is 0. The van der Waals surface area contributed by atoms with E-state index in [0.717, 1.165) is 10.2 Å². The molecule has 146 valence electrons. The minimum Gasteiger partial charge on any atom is -0.436 e. The molecule has 2 aromatic heterocycles. The molecular weight excluding hydrogens is 394 g/mol. The van der Waals surface area contributed by atoms with E-state index in [4.69, 9.17) is 16.3 Å². The third-order valence-electron chi connectivity index (χ3n) is 4.21. The molecule has 0 saturated heterocycles. The van der Waals surface area contributed by atoms with Gasteiger partial charge in [0, 0.05) is 23.1 Å². The molecule has 2 heterocycles.